The first-order valence-corrected chi connectivity index (χ1v) is 11.7. The van der Waals surface area contributed by atoms with Crippen LogP contribution in [0.25, 0.3) is 0 Å². The number of carboxylic acids is 1. The number of hydrogen-bond donors (Lipinski definition) is 6. The molecule has 2 fully saturated rings. The molecule has 1 saturated carbocycles. The molecule has 0 bridgehead atoms. The van der Waals surface area contributed by atoms with E-state index < -0.39 is 42.8 Å². The van der Waals surface area contributed by atoms with Gasteiger partial charge in [0, 0.05) is 17.6 Å². The molecule has 1 saturated heterocycles. The SMILES string of the molecule is CC(C)(C)NC[C@@H](COc1ccc(O)cc1C1CCCC1)O[C@@H]1O[C@H](C(=O)O)[C@@H](O)[C@H](O)[C@H]1O. The van der Waals surface area contributed by atoms with Crippen molar-refractivity contribution in [2.45, 2.75) is 94.7 Å². The zero-order chi connectivity index (χ0) is 25.0. The monoisotopic (exact) mass is 483 g/mol. The molecule has 6 N–H and O–H groups in total. The summed E-state index contributed by atoms with van der Waals surface area (Å²) < 4.78 is 17.2. The Morgan fingerprint density at radius 1 is 1.15 bits per heavy atom. The number of benzene rings is 1. The molecular formula is C24H37NO9. The second kappa shape index (κ2) is 11.2. The number of phenols is 1. The van der Waals surface area contributed by atoms with Crippen LogP contribution in [0.1, 0.15) is 57.9 Å². The summed E-state index contributed by atoms with van der Waals surface area (Å²) >= 11 is 0. The maximum absolute atomic E-state index is 11.4. The number of ether oxygens (including phenoxy) is 3. The highest BCUT2D eigenvalue weighted by molar-refractivity contribution is 5.73. The van der Waals surface area contributed by atoms with Crippen LogP contribution in [0.2, 0.25) is 0 Å². The fourth-order valence-electron chi connectivity index (χ4n) is 4.33. The summed E-state index contributed by atoms with van der Waals surface area (Å²) in [5, 5.41) is 52.9. The van der Waals surface area contributed by atoms with Crippen LogP contribution in [0.15, 0.2) is 18.2 Å². The molecule has 0 unspecified atom stereocenters. The summed E-state index contributed by atoms with van der Waals surface area (Å²) in [4.78, 5) is 11.4. The molecule has 10 nitrogen and oxygen atoms in total. The average Bonchev–Trinajstić information content (AvgIpc) is 3.30. The van der Waals surface area contributed by atoms with Gasteiger partial charge in [0.2, 0.25) is 0 Å². The fourth-order valence-corrected chi connectivity index (χ4v) is 4.33. The van der Waals surface area contributed by atoms with Gasteiger partial charge in [0.15, 0.2) is 12.4 Å². The lowest BCUT2D eigenvalue weighted by Crippen LogP contribution is -2.61. The number of aliphatic hydroxyl groups is 3. The summed E-state index contributed by atoms with van der Waals surface area (Å²) in [5.74, 6) is -0.385. The largest absolute Gasteiger partial charge is 0.508 e. The van der Waals surface area contributed by atoms with E-state index in [0.717, 1.165) is 31.2 Å². The van der Waals surface area contributed by atoms with Gasteiger partial charge >= 0.3 is 5.97 Å². The Morgan fingerprint density at radius 2 is 1.82 bits per heavy atom. The van der Waals surface area contributed by atoms with Crippen LogP contribution in [0.5, 0.6) is 11.5 Å². The van der Waals surface area contributed by atoms with Gasteiger partial charge in [-0.25, -0.2) is 4.79 Å². The van der Waals surface area contributed by atoms with Crippen molar-refractivity contribution in [3.8, 4) is 11.5 Å². The molecule has 1 aromatic rings. The van der Waals surface area contributed by atoms with E-state index in [4.69, 9.17) is 14.2 Å². The van der Waals surface area contributed by atoms with Crippen molar-refractivity contribution in [3.63, 3.8) is 0 Å². The molecule has 1 aliphatic carbocycles. The maximum atomic E-state index is 11.4. The van der Waals surface area contributed by atoms with Gasteiger partial charge in [0.05, 0.1) is 0 Å². The van der Waals surface area contributed by atoms with Crippen molar-refractivity contribution in [1.29, 1.82) is 0 Å². The quantitative estimate of drug-likeness (QED) is 0.300. The smallest absolute Gasteiger partial charge is 0.335 e. The first-order valence-electron chi connectivity index (χ1n) is 11.7. The van der Waals surface area contributed by atoms with Crippen LogP contribution in [0.3, 0.4) is 0 Å². The Labute approximate surface area is 199 Å². The van der Waals surface area contributed by atoms with Crippen molar-refractivity contribution < 1.29 is 44.5 Å². The molecule has 6 atom stereocenters. The van der Waals surface area contributed by atoms with E-state index in [2.05, 4.69) is 5.32 Å². The van der Waals surface area contributed by atoms with Gasteiger partial charge in [-0.1, -0.05) is 12.8 Å². The van der Waals surface area contributed by atoms with Gasteiger partial charge in [0.1, 0.15) is 42.5 Å². The second-order valence-corrected chi connectivity index (χ2v) is 10.1. The molecule has 0 amide bonds. The molecule has 34 heavy (non-hydrogen) atoms. The molecule has 192 valence electrons. The van der Waals surface area contributed by atoms with E-state index in [-0.39, 0.29) is 24.4 Å². The molecule has 0 aromatic heterocycles. The lowest BCUT2D eigenvalue weighted by Gasteiger charge is -2.40. The van der Waals surface area contributed by atoms with E-state index in [0.29, 0.717) is 11.7 Å². The van der Waals surface area contributed by atoms with E-state index in [9.17, 15) is 30.3 Å². The van der Waals surface area contributed by atoms with Crippen LogP contribution < -0.4 is 10.1 Å². The third-order valence-electron chi connectivity index (χ3n) is 6.21. The van der Waals surface area contributed by atoms with Gasteiger partial charge < -0.3 is 45.1 Å². The minimum absolute atomic E-state index is 0.0382. The normalized spacial score (nSPS) is 29.2. The predicted octanol–water partition coefficient (Wildman–Crippen LogP) is 1.09. The van der Waals surface area contributed by atoms with Crippen LogP contribution in [0.4, 0.5) is 0 Å². The third kappa shape index (κ3) is 6.80. The number of nitrogens with one attached hydrogen (secondary N) is 1. The first kappa shape index (κ1) is 26.7. The van der Waals surface area contributed by atoms with E-state index in [1.54, 1.807) is 18.2 Å². The van der Waals surface area contributed by atoms with E-state index >= 15 is 0 Å². The number of aliphatic hydroxyl groups excluding tert-OH is 3. The number of rotatable bonds is 9. The first-order chi connectivity index (χ1) is 16.0. The van der Waals surface area contributed by atoms with Crippen molar-refractivity contribution in [2.24, 2.45) is 0 Å². The highest BCUT2D eigenvalue weighted by atomic mass is 16.7. The lowest BCUT2D eigenvalue weighted by molar-refractivity contribution is -0.305. The number of phenolic OH excluding ortho intramolecular Hbond substituents is 1. The van der Waals surface area contributed by atoms with E-state index in [1.807, 2.05) is 20.8 Å². The van der Waals surface area contributed by atoms with E-state index in [1.165, 1.54) is 0 Å². The highest BCUT2D eigenvalue weighted by Gasteiger charge is 2.48. The summed E-state index contributed by atoms with van der Waals surface area (Å²) in [6, 6.07) is 4.99. The van der Waals surface area contributed by atoms with Gasteiger partial charge in [-0.3, -0.25) is 0 Å². The molecule has 1 heterocycles. The van der Waals surface area contributed by atoms with Gasteiger partial charge in [-0.05, 0) is 57.7 Å². The van der Waals surface area contributed by atoms with Crippen LogP contribution in [-0.4, -0.2) is 87.0 Å². The number of aromatic hydroxyl groups is 1. The van der Waals surface area contributed by atoms with Crippen molar-refractivity contribution in [1.82, 2.24) is 5.32 Å². The summed E-state index contributed by atoms with van der Waals surface area (Å²) in [6.07, 6.45) is -4.83. The molecule has 0 radical (unpaired) electrons. The molecular weight excluding hydrogens is 446 g/mol. The van der Waals surface area contributed by atoms with Crippen LogP contribution in [-0.2, 0) is 14.3 Å². The van der Waals surface area contributed by atoms with Crippen LogP contribution in [0, 0.1) is 0 Å². The predicted molar refractivity (Wildman–Crippen MR) is 122 cm³/mol. The van der Waals surface area contributed by atoms with Gasteiger partial charge in [-0.15, -0.1) is 0 Å². The van der Waals surface area contributed by atoms with Crippen molar-refractivity contribution >= 4 is 5.97 Å². The minimum Gasteiger partial charge on any atom is -0.508 e. The lowest BCUT2D eigenvalue weighted by atomic mass is 9.96. The third-order valence-corrected chi connectivity index (χ3v) is 6.21. The Kier molecular flexibility index (Phi) is 8.77. The number of carboxylic acid groups (broad SMARTS) is 1. The Hall–Kier alpha value is -1.95. The van der Waals surface area contributed by atoms with Gasteiger partial charge in [-0.2, -0.15) is 0 Å². The molecule has 0 spiro atoms. The topological polar surface area (TPSA) is 158 Å². The summed E-state index contributed by atoms with van der Waals surface area (Å²) in [6.45, 7) is 6.22. The van der Waals surface area contributed by atoms with Crippen LogP contribution >= 0.6 is 0 Å². The summed E-state index contributed by atoms with van der Waals surface area (Å²) in [5.41, 5.74) is 0.666. The molecule has 3 rings (SSSR count). The second-order valence-electron chi connectivity index (χ2n) is 10.1. The molecule has 10 heteroatoms. The standard InChI is InChI=1S/C24H37NO9/c1-24(2,3)25-11-15(33-23-20(29)18(27)19(28)21(34-23)22(30)31)12-32-17-9-8-14(26)10-16(17)13-6-4-5-7-13/h8-10,13,15,18-21,23,25-29H,4-7,11-12H2,1-3H3,(H,30,31)/t15-,18-,19-,20+,21-,23+/m0/s1. The van der Waals surface area contributed by atoms with Gasteiger partial charge in [0.25, 0.3) is 0 Å². The molecule has 1 aliphatic heterocycles. The minimum atomic E-state index is -1.79. The molecule has 1 aromatic carbocycles. The highest BCUT2D eigenvalue weighted by Crippen LogP contribution is 2.40. The zero-order valence-electron chi connectivity index (χ0n) is 19.9. The number of carbonyl (C=O) groups is 1. The number of hydrogen-bond acceptors (Lipinski definition) is 9. The Balaban J connectivity index is 1.74. The number of aliphatic carboxylic acids is 1. The Morgan fingerprint density at radius 3 is 2.44 bits per heavy atom. The zero-order valence-corrected chi connectivity index (χ0v) is 19.9. The summed E-state index contributed by atoms with van der Waals surface area (Å²) in [7, 11) is 0. The Bertz CT molecular complexity index is 821. The average molecular weight is 484 g/mol. The van der Waals surface area contributed by atoms with Crippen molar-refractivity contribution in [2.75, 3.05) is 13.2 Å². The maximum Gasteiger partial charge on any atom is 0.335 e. The van der Waals surface area contributed by atoms with Crippen molar-refractivity contribution in [3.05, 3.63) is 23.8 Å². The molecule has 2 aliphatic rings. The fraction of sp³-hybridized carbons (Fsp3) is 0.708.